The molecule has 0 aromatic carbocycles. The van der Waals surface area contributed by atoms with Gasteiger partial charge in [-0.15, -0.1) is 11.3 Å². The Labute approximate surface area is 109 Å². The number of thiophene rings is 1. The minimum atomic E-state index is -0.856. The number of imidazole rings is 1. The highest BCUT2D eigenvalue weighted by Crippen LogP contribution is 2.16. The van der Waals surface area contributed by atoms with Gasteiger partial charge < -0.3 is 15.0 Å². The van der Waals surface area contributed by atoms with E-state index in [4.69, 9.17) is 5.11 Å². The van der Waals surface area contributed by atoms with Crippen LogP contribution in [-0.2, 0) is 20.0 Å². The van der Waals surface area contributed by atoms with Crippen LogP contribution in [0.2, 0.25) is 0 Å². The molecule has 0 spiro atoms. The number of carboxylic acids is 1. The van der Waals surface area contributed by atoms with Crippen molar-refractivity contribution in [2.24, 2.45) is 7.05 Å². The van der Waals surface area contributed by atoms with Gasteiger partial charge in [0.25, 0.3) is 0 Å². The standard InChI is InChI=1S/C12H15N3O2S/c1-15-6-5-14-10(15)2-4-13-8-9-3-7-18-11(9)12(16)17/h3,5-7,13H,2,4,8H2,1H3,(H,16,17). The van der Waals surface area contributed by atoms with Crippen LogP contribution in [0.4, 0.5) is 0 Å². The second-order valence-electron chi connectivity index (χ2n) is 3.96. The fourth-order valence-corrected chi connectivity index (χ4v) is 2.48. The van der Waals surface area contributed by atoms with Gasteiger partial charge in [-0.25, -0.2) is 9.78 Å². The lowest BCUT2D eigenvalue weighted by molar-refractivity contribution is 0.0701. The zero-order valence-electron chi connectivity index (χ0n) is 10.1. The highest BCUT2D eigenvalue weighted by atomic mass is 32.1. The minimum Gasteiger partial charge on any atom is -0.477 e. The van der Waals surface area contributed by atoms with Gasteiger partial charge in [-0.05, 0) is 17.0 Å². The first kappa shape index (κ1) is 12.8. The van der Waals surface area contributed by atoms with E-state index in [1.54, 1.807) is 11.6 Å². The van der Waals surface area contributed by atoms with Crippen LogP contribution in [0.3, 0.4) is 0 Å². The molecule has 0 saturated heterocycles. The molecular formula is C12H15N3O2S. The molecule has 2 N–H and O–H groups in total. The summed E-state index contributed by atoms with van der Waals surface area (Å²) in [5, 5.41) is 14.0. The first-order chi connectivity index (χ1) is 8.68. The average Bonchev–Trinajstić information content (AvgIpc) is 2.94. The van der Waals surface area contributed by atoms with Gasteiger partial charge in [0, 0.05) is 39.0 Å². The molecule has 2 heterocycles. The van der Waals surface area contributed by atoms with Crippen molar-refractivity contribution in [3.63, 3.8) is 0 Å². The Kier molecular flexibility index (Phi) is 4.11. The number of hydrogen-bond donors (Lipinski definition) is 2. The second kappa shape index (κ2) is 5.79. The zero-order chi connectivity index (χ0) is 13.0. The number of aromatic carboxylic acids is 1. The average molecular weight is 265 g/mol. The smallest absolute Gasteiger partial charge is 0.346 e. The van der Waals surface area contributed by atoms with Gasteiger partial charge in [0.1, 0.15) is 10.7 Å². The first-order valence-electron chi connectivity index (χ1n) is 5.65. The minimum absolute atomic E-state index is 0.416. The van der Waals surface area contributed by atoms with E-state index in [1.807, 2.05) is 23.9 Å². The third kappa shape index (κ3) is 2.96. The van der Waals surface area contributed by atoms with Crippen LogP contribution >= 0.6 is 11.3 Å². The summed E-state index contributed by atoms with van der Waals surface area (Å²) in [6.45, 7) is 1.36. The molecule has 0 unspecified atom stereocenters. The lowest BCUT2D eigenvalue weighted by Crippen LogP contribution is -2.19. The molecule has 2 aromatic rings. The summed E-state index contributed by atoms with van der Waals surface area (Å²) in [4.78, 5) is 15.6. The van der Waals surface area contributed by atoms with Gasteiger partial charge in [0.05, 0.1) is 0 Å². The van der Waals surface area contributed by atoms with Gasteiger partial charge in [-0.3, -0.25) is 0 Å². The van der Waals surface area contributed by atoms with E-state index in [1.165, 1.54) is 11.3 Å². The molecule has 96 valence electrons. The lowest BCUT2D eigenvalue weighted by Gasteiger charge is -2.04. The predicted molar refractivity (Wildman–Crippen MR) is 69.9 cm³/mol. The molecule has 0 amide bonds. The molecule has 18 heavy (non-hydrogen) atoms. The Bertz CT molecular complexity index is 533. The van der Waals surface area contributed by atoms with Crippen LogP contribution in [0.15, 0.2) is 23.8 Å². The molecule has 5 nitrogen and oxygen atoms in total. The SMILES string of the molecule is Cn1ccnc1CCNCc1ccsc1C(=O)O. The van der Waals surface area contributed by atoms with Crippen molar-refractivity contribution in [2.45, 2.75) is 13.0 Å². The van der Waals surface area contributed by atoms with Crippen LogP contribution in [0.1, 0.15) is 21.1 Å². The predicted octanol–water partition coefficient (Wildman–Crippen LogP) is 1.51. The van der Waals surface area contributed by atoms with Crippen molar-refractivity contribution in [2.75, 3.05) is 6.54 Å². The molecule has 0 atom stereocenters. The van der Waals surface area contributed by atoms with E-state index in [0.29, 0.717) is 11.4 Å². The van der Waals surface area contributed by atoms with Crippen molar-refractivity contribution in [3.05, 3.63) is 40.1 Å². The van der Waals surface area contributed by atoms with Crippen LogP contribution in [0, 0.1) is 0 Å². The quantitative estimate of drug-likeness (QED) is 0.777. The Morgan fingerprint density at radius 2 is 2.44 bits per heavy atom. The van der Waals surface area contributed by atoms with E-state index in [2.05, 4.69) is 10.3 Å². The highest BCUT2D eigenvalue weighted by Gasteiger charge is 2.10. The number of rotatable bonds is 6. The summed E-state index contributed by atoms with van der Waals surface area (Å²) in [7, 11) is 1.96. The highest BCUT2D eigenvalue weighted by molar-refractivity contribution is 7.12. The molecule has 0 saturated carbocycles. The molecule has 0 radical (unpaired) electrons. The maximum atomic E-state index is 10.9. The summed E-state index contributed by atoms with van der Waals surface area (Å²) >= 11 is 1.26. The molecule has 2 aromatic heterocycles. The number of aromatic nitrogens is 2. The van der Waals surface area contributed by atoms with Gasteiger partial charge in [0.15, 0.2) is 0 Å². The Hall–Kier alpha value is -1.66. The van der Waals surface area contributed by atoms with Crippen LogP contribution in [-0.4, -0.2) is 27.2 Å². The Morgan fingerprint density at radius 1 is 1.61 bits per heavy atom. The summed E-state index contributed by atoms with van der Waals surface area (Å²) in [5.74, 6) is 0.164. The maximum absolute atomic E-state index is 10.9. The van der Waals surface area contributed by atoms with Crippen molar-refractivity contribution >= 4 is 17.3 Å². The number of aryl methyl sites for hydroxylation is 1. The summed E-state index contributed by atoms with van der Waals surface area (Å²) in [6.07, 6.45) is 4.52. The third-order valence-corrected chi connectivity index (χ3v) is 3.65. The van der Waals surface area contributed by atoms with Gasteiger partial charge in [-0.2, -0.15) is 0 Å². The van der Waals surface area contributed by atoms with Crippen molar-refractivity contribution in [1.29, 1.82) is 0 Å². The zero-order valence-corrected chi connectivity index (χ0v) is 10.9. The molecule has 0 aliphatic heterocycles. The molecule has 0 fully saturated rings. The number of nitrogens with one attached hydrogen (secondary N) is 1. The van der Waals surface area contributed by atoms with Crippen molar-refractivity contribution in [1.82, 2.24) is 14.9 Å². The summed E-state index contributed by atoms with van der Waals surface area (Å²) < 4.78 is 1.98. The number of nitrogens with zero attached hydrogens (tertiary/aromatic N) is 2. The topological polar surface area (TPSA) is 67.2 Å². The number of carboxylic acid groups (broad SMARTS) is 1. The van der Waals surface area contributed by atoms with Crippen LogP contribution in [0.5, 0.6) is 0 Å². The maximum Gasteiger partial charge on any atom is 0.346 e. The van der Waals surface area contributed by atoms with E-state index < -0.39 is 5.97 Å². The van der Waals surface area contributed by atoms with Crippen molar-refractivity contribution < 1.29 is 9.90 Å². The van der Waals surface area contributed by atoms with E-state index in [9.17, 15) is 4.79 Å². The van der Waals surface area contributed by atoms with Gasteiger partial charge >= 0.3 is 5.97 Å². The van der Waals surface area contributed by atoms with Crippen LogP contribution in [0.25, 0.3) is 0 Å². The van der Waals surface area contributed by atoms with E-state index in [0.717, 1.165) is 24.4 Å². The van der Waals surface area contributed by atoms with Gasteiger partial charge in [-0.1, -0.05) is 0 Å². The monoisotopic (exact) mass is 265 g/mol. The Balaban J connectivity index is 1.80. The van der Waals surface area contributed by atoms with Gasteiger partial charge in [0.2, 0.25) is 0 Å². The molecule has 0 bridgehead atoms. The summed E-state index contributed by atoms with van der Waals surface area (Å²) in [6, 6.07) is 1.85. The van der Waals surface area contributed by atoms with Crippen LogP contribution < -0.4 is 5.32 Å². The Morgan fingerprint density at radius 3 is 3.11 bits per heavy atom. The van der Waals surface area contributed by atoms with E-state index >= 15 is 0 Å². The number of carbonyl (C=O) groups is 1. The molecule has 6 heteroatoms. The normalized spacial score (nSPS) is 10.7. The lowest BCUT2D eigenvalue weighted by atomic mass is 10.2. The van der Waals surface area contributed by atoms with E-state index in [-0.39, 0.29) is 0 Å². The third-order valence-electron chi connectivity index (χ3n) is 2.70. The molecule has 0 aliphatic carbocycles. The first-order valence-corrected chi connectivity index (χ1v) is 6.53. The second-order valence-corrected chi connectivity index (χ2v) is 4.88. The summed E-state index contributed by atoms with van der Waals surface area (Å²) in [5.41, 5.74) is 0.840. The number of hydrogen-bond acceptors (Lipinski definition) is 4. The van der Waals surface area contributed by atoms with Crippen molar-refractivity contribution in [3.8, 4) is 0 Å². The fraction of sp³-hybridized carbons (Fsp3) is 0.333. The largest absolute Gasteiger partial charge is 0.477 e. The molecular weight excluding hydrogens is 250 g/mol. The fourth-order valence-electron chi connectivity index (χ4n) is 1.72. The molecule has 0 aliphatic rings. The molecule has 2 rings (SSSR count).